The topological polar surface area (TPSA) is 9.23 Å². The van der Waals surface area contributed by atoms with Crippen molar-refractivity contribution in [3.63, 3.8) is 0 Å². The lowest BCUT2D eigenvalue weighted by Crippen LogP contribution is -2.22. The molecule has 0 aliphatic carbocycles. The molecule has 1 heteroatoms. The second kappa shape index (κ2) is 3.21. The van der Waals surface area contributed by atoms with Crippen LogP contribution in [0.3, 0.4) is 0 Å². The van der Waals surface area contributed by atoms with Crippen LogP contribution in [0.2, 0.25) is 0 Å². The zero-order valence-electron chi connectivity index (χ0n) is 6.39. The lowest BCUT2D eigenvalue weighted by Gasteiger charge is -2.25. The third-order valence-electron chi connectivity index (χ3n) is 2.17. The second-order valence-corrected chi connectivity index (χ2v) is 2.98. The summed E-state index contributed by atoms with van der Waals surface area (Å²) in [6.45, 7) is 5.42. The zero-order valence-corrected chi connectivity index (χ0v) is 6.39. The molecule has 0 aromatic carbocycles. The molecule has 54 valence electrons. The maximum absolute atomic E-state index is 5.41. The van der Waals surface area contributed by atoms with E-state index in [1.54, 1.807) is 0 Å². The Morgan fingerprint density at radius 3 is 2.78 bits per heavy atom. The van der Waals surface area contributed by atoms with Crippen molar-refractivity contribution in [2.24, 2.45) is 5.92 Å². The van der Waals surface area contributed by atoms with Gasteiger partial charge in [0.05, 0.1) is 6.10 Å². The largest absolute Gasteiger partial charge is 0.378 e. The number of hydrogen-bond donors (Lipinski definition) is 0. The van der Waals surface area contributed by atoms with Crippen molar-refractivity contribution < 1.29 is 4.74 Å². The van der Waals surface area contributed by atoms with Gasteiger partial charge in [0.2, 0.25) is 0 Å². The van der Waals surface area contributed by atoms with Crippen LogP contribution in [-0.4, -0.2) is 12.7 Å². The first-order valence-electron chi connectivity index (χ1n) is 3.94. The summed E-state index contributed by atoms with van der Waals surface area (Å²) in [5.74, 6) is 0.939. The molecule has 0 radical (unpaired) electrons. The minimum Gasteiger partial charge on any atom is -0.378 e. The number of rotatable bonds is 1. The van der Waals surface area contributed by atoms with E-state index in [9.17, 15) is 0 Å². The first kappa shape index (κ1) is 7.07. The van der Waals surface area contributed by atoms with Crippen LogP contribution in [0, 0.1) is 5.92 Å². The molecule has 0 N–H and O–H groups in total. The maximum atomic E-state index is 5.41. The lowest BCUT2D eigenvalue weighted by atomic mass is 9.94. The Kier molecular flexibility index (Phi) is 2.52. The lowest BCUT2D eigenvalue weighted by molar-refractivity contribution is 0.00195. The third-order valence-corrected chi connectivity index (χ3v) is 2.17. The Hall–Kier alpha value is -0.0400. The summed E-state index contributed by atoms with van der Waals surface area (Å²) >= 11 is 0. The van der Waals surface area contributed by atoms with Gasteiger partial charge < -0.3 is 4.74 Å². The second-order valence-electron chi connectivity index (χ2n) is 2.98. The molecule has 0 aromatic rings. The van der Waals surface area contributed by atoms with Gasteiger partial charge in [0.15, 0.2) is 0 Å². The van der Waals surface area contributed by atoms with Gasteiger partial charge >= 0.3 is 0 Å². The van der Waals surface area contributed by atoms with Crippen molar-refractivity contribution in [2.75, 3.05) is 6.61 Å². The molecular formula is C8H16O. The van der Waals surface area contributed by atoms with Crippen molar-refractivity contribution >= 4 is 0 Å². The van der Waals surface area contributed by atoms with E-state index in [0.717, 1.165) is 12.5 Å². The third kappa shape index (κ3) is 1.98. The zero-order chi connectivity index (χ0) is 6.69. The maximum Gasteiger partial charge on any atom is 0.0549 e. The molecule has 0 saturated carbocycles. The van der Waals surface area contributed by atoms with E-state index in [2.05, 4.69) is 13.8 Å². The molecule has 1 aliphatic heterocycles. The molecule has 1 heterocycles. The van der Waals surface area contributed by atoms with E-state index in [1.807, 2.05) is 0 Å². The van der Waals surface area contributed by atoms with Crippen molar-refractivity contribution in [1.29, 1.82) is 0 Å². The van der Waals surface area contributed by atoms with Crippen molar-refractivity contribution in [3.05, 3.63) is 0 Å². The molecule has 0 bridgehead atoms. The van der Waals surface area contributed by atoms with Crippen LogP contribution >= 0.6 is 0 Å². The normalized spacial score (nSPS) is 36.7. The summed E-state index contributed by atoms with van der Waals surface area (Å²) in [7, 11) is 0. The molecule has 1 rings (SSSR count). The Balaban J connectivity index is 2.23. The molecule has 1 fully saturated rings. The highest BCUT2D eigenvalue weighted by atomic mass is 16.5. The van der Waals surface area contributed by atoms with E-state index in [0.29, 0.717) is 6.10 Å². The molecule has 0 spiro atoms. The van der Waals surface area contributed by atoms with E-state index < -0.39 is 0 Å². The quantitative estimate of drug-likeness (QED) is 0.526. The van der Waals surface area contributed by atoms with Crippen LogP contribution in [0.1, 0.15) is 33.1 Å². The summed E-state index contributed by atoms with van der Waals surface area (Å²) < 4.78 is 5.41. The van der Waals surface area contributed by atoms with E-state index in [1.165, 1.54) is 19.3 Å². The van der Waals surface area contributed by atoms with Gasteiger partial charge in [-0.15, -0.1) is 0 Å². The van der Waals surface area contributed by atoms with Crippen molar-refractivity contribution in [1.82, 2.24) is 0 Å². The Morgan fingerprint density at radius 2 is 2.33 bits per heavy atom. The molecular weight excluding hydrogens is 112 g/mol. The fourth-order valence-electron chi connectivity index (χ4n) is 1.46. The summed E-state index contributed by atoms with van der Waals surface area (Å²) in [5.41, 5.74) is 0. The van der Waals surface area contributed by atoms with Gasteiger partial charge in [-0.3, -0.25) is 0 Å². The van der Waals surface area contributed by atoms with Crippen LogP contribution in [0.25, 0.3) is 0 Å². The first-order valence-corrected chi connectivity index (χ1v) is 3.94. The molecule has 0 aromatic heterocycles. The molecule has 0 unspecified atom stereocenters. The fraction of sp³-hybridized carbons (Fsp3) is 1.00. The van der Waals surface area contributed by atoms with Gasteiger partial charge in [0.1, 0.15) is 0 Å². The summed E-state index contributed by atoms with van der Waals surface area (Å²) in [6, 6.07) is 0. The van der Waals surface area contributed by atoms with Gasteiger partial charge in [-0.05, 0) is 25.7 Å². The van der Waals surface area contributed by atoms with E-state index in [-0.39, 0.29) is 0 Å². The van der Waals surface area contributed by atoms with E-state index >= 15 is 0 Å². The Bertz CT molecular complexity index is 80.6. The molecule has 9 heavy (non-hydrogen) atoms. The molecule has 2 atom stereocenters. The summed E-state index contributed by atoms with van der Waals surface area (Å²) in [5, 5.41) is 0. The van der Waals surface area contributed by atoms with Crippen LogP contribution in [0.4, 0.5) is 0 Å². The monoisotopic (exact) mass is 128 g/mol. The molecule has 1 aliphatic rings. The Labute approximate surface area is 57.4 Å². The van der Waals surface area contributed by atoms with Crippen LogP contribution in [0.15, 0.2) is 0 Å². The minimum atomic E-state index is 0.517. The SMILES string of the molecule is CC[C@@H]1CCO[C@@H](C)C1. The summed E-state index contributed by atoms with van der Waals surface area (Å²) in [4.78, 5) is 0. The highest BCUT2D eigenvalue weighted by molar-refractivity contribution is 4.66. The van der Waals surface area contributed by atoms with Crippen molar-refractivity contribution in [2.45, 2.75) is 39.2 Å². The van der Waals surface area contributed by atoms with Crippen LogP contribution in [0.5, 0.6) is 0 Å². The molecule has 0 amide bonds. The van der Waals surface area contributed by atoms with Crippen LogP contribution in [-0.2, 0) is 4.74 Å². The Morgan fingerprint density at radius 1 is 1.56 bits per heavy atom. The number of hydrogen-bond acceptors (Lipinski definition) is 1. The molecule has 1 saturated heterocycles. The highest BCUT2D eigenvalue weighted by Gasteiger charge is 2.16. The standard InChI is InChI=1S/C8H16O/c1-3-8-4-5-9-7(2)6-8/h7-8H,3-6H2,1-2H3/t7-,8+/m0/s1. The average Bonchev–Trinajstić information content (AvgIpc) is 1.88. The summed E-state index contributed by atoms with van der Waals surface area (Å²) in [6.07, 6.45) is 4.40. The molecule has 1 nitrogen and oxygen atoms in total. The smallest absolute Gasteiger partial charge is 0.0549 e. The van der Waals surface area contributed by atoms with Crippen LogP contribution < -0.4 is 0 Å². The highest BCUT2D eigenvalue weighted by Crippen LogP contribution is 2.21. The van der Waals surface area contributed by atoms with Gasteiger partial charge in [-0.2, -0.15) is 0 Å². The van der Waals surface area contributed by atoms with E-state index in [4.69, 9.17) is 4.74 Å². The van der Waals surface area contributed by atoms with Crippen molar-refractivity contribution in [3.8, 4) is 0 Å². The van der Waals surface area contributed by atoms with Gasteiger partial charge in [-0.1, -0.05) is 13.3 Å². The first-order chi connectivity index (χ1) is 4.33. The predicted octanol–water partition coefficient (Wildman–Crippen LogP) is 2.21. The minimum absolute atomic E-state index is 0.517. The average molecular weight is 128 g/mol. The van der Waals surface area contributed by atoms with Gasteiger partial charge in [-0.25, -0.2) is 0 Å². The predicted molar refractivity (Wildman–Crippen MR) is 38.4 cm³/mol. The van der Waals surface area contributed by atoms with Gasteiger partial charge in [0, 0.05) is 6.61 Å². The number of ether oxygens (including phenoxy) is 1. The van der Waals surface area contributed by atoms with Gasteiger partial charge in [0.25, 0.3) is 0 Å². The fourth-order valence-corrected chi connectivity index (χ4v) is 1.46.